The van der Waals surface area contributed by atoms with Crippen LogP contribution in [0.2, 0.25) is 0 Å². The molecular formula is C18H14O6. The fourth-order valence-electron chi connectivity index (χ4n) is 3.31. The van der Waals surface area contributed by atoms with Gasteiger partial charge in [0, 0.05) is 17.5 Å². The van der Waals surface area contributed by atoms with E-state index in [9.17, 15) is 4.79 Å². The number of ether oxygens (including phenoxy) is 5. The quantitative estimate of drug-likeness (QED) is 0.593. The Kier molecular flexibility index (Phi) is 2.85. The monoisotopic (exact) mass is 326 g/mol. The number of hydrogen-bond donors (Lipinski definition) is 0. The molecule has 1 atom stereocenters. The van der Waals surface area contributed by atoms with Crippen molar-refractivity contribution in [2.45, 2.75) is 12.3 Å². The number of benzene rings is 2. The molecule has 6 heteroatoms. The van der Waals surface area contributed by atoms with Crippen molar-refractivity contribution >= 4 is 5.97 Å². The smallest absolute Gasteiger partial charge is 0.312 e. The summed E-state index contributed by atoms with van der Waals surface area (Å²) in [6.07, 6.45) is 0.270. The topological polar surface area (TPSA) is 63.2 Å². The maximum Gasteiger partial charge on any atom is 0.312 e. The summed E-state index contributed by atoms with van der Waals surface area (Å²) in [4.78, 5) is 12.0. The molecule has 0 saturated heterocycles. The fourth-order valence-corrected chi connectivity index (χ4v) is 3.31. The van der Waals surface area contributed by atoms with Crippen LogP contribution in [0, 0.1) is 0 Å². The molecular weight excluding hydrogens is 312 g/mol. The van der Waals surface area contributed by atoms with Crippen molar-refractivity contribution in [3.63, 3.8) is 0 Å². The largest absolute Gasteiger partial charge is 0.486 e. The van der Waals surface area contributed by atoms with Crippen LogP contribution in [0.15, 0.2) is 30.3 Å². The lowest BCUT2D eigenvalue weighted by Crippen LogP contribution is -2.21. The summed E-state index contributed by atoms with van der Waals surface area (Å²) in [6, 6.07) is 9.40. The number of esters is 1. The Morgan fingerprint density at radius 2 is 1.54 bits per heavy atom. The van der Waals surface area contributed by atoms with Crippen molar-refractivity contribution in [2.24, 2.45) is 0 Å². The van der Waals surface area contributed by atoms with E-state index in [0.29, 0.717) is 36.2 Å². The Labute approximate surface area is 137 Å². The van der Waals surface area contributed by atoms with Gasteiger partial charge in [-0.25, -0.2) is 0 Å². The van der Waals surface area contributed by atoms with E-state index in [1.807, 2.05) is 24.3 Å². The molecule has 6 nitrogen and oxygen atoms in total. The first-order valence-electron chi connectivity index (χ1n) is 7.82. The fraction of sp³-hybridized carbons (Fsp3) is 0.278. The summed E-state index contributed by atoms with van der Waals surface area (Å²) in [5.74, 6) is 2.86. The molecule has 0 bridgehead atoms. The summed E-state index contributed by atoms with van der Waals surface area (Å²) in [5.41, 5.74) is 1.89. The third kappa shape index (κ3) is 2.06. The highest BCUT2D eigenvalue weighted by Crippen LogP contribution is 2.47. The molecule has 0 N–H and O–H groups in total. The van der Waals surface area contributed by atoms with Crippen LogP contribution in [0.3, 0.4) is 0 Å². The molecule has 0 amide bonds. The highest BCUT2D eigenvalue weighted by atomic mass is 16.7. The second kappa shape index (κ2) is 5.06. The van der Waals surface area contributed by atoms with Crippen LogP contribution < -0.4 is 23.7 Å². The van der Waals surface area contributed by atoms with Crippen LogP contribution in [-0.4, -0.2) is 26.0 Å². The average molecular weight is 326 g/mol. The lowest BCUT2D eigenvalue weighted by Gasteiger charge is -2.26. The molecule has 0 aromatic heterocycles. The molecule has 3 heterocycles. The second-order valence-electron chi connectivity index (χ2n) is 5.88. The van der Waals surface area contributed by atoms with Crippen LogP contribution in [-0.2, 0) is 4.79 Å². The van der Waals surface area contributed by atoms with Crippen LogP contribution in [0.5, 0.6) is 28.7 Å². The van der Waals surface area contributed by atoms with Gasteiger partial charge in [0.1, 0.15) is 19.0 Å². The third-order valence-electron chi connectivity index (χ3n) is 4.44. The molecule has 0 aliphatic carbocycles. The van der Waals surface area contributed by atoms with Gasteiger partial charge in [0.2, 0.25) is 6.79 Å². The van der Waals surface area contributed by atoms with Gasteiger partial charge in [-0.2, -0.15) is 0 Å². The first-order chi connectivity index (χ1) is 11.8. The minimum absolute atomic E-state index is 0.119. The van der Waals surface area contributed by atoms with E-state index in [1.54, 1.807) is 6.07 Å². The van der Waals surface area contributed by atoms with E-state index in [2.05, 4.69) is 0 Å². The van der Waals surface area contributed by atoms with E-state index >= 15 is 0 Å². The molecule has 0 radical (unpaired) electrons. The third-order valence-corrected chi connectivity index (χ3v) is 4.44. The molecule has 3 aliphatic heterocycles. The molecule has 24 heavy (non-hydrogen) atoms. The SMILES string of the molecule is O=C1C[C@@H](c2ccc3c(c2)OCCO3)c2cc3c(cc2O1)OCO3. The molecule has 0 unspecified atom stereocenters. The molecule has 0 fully saturated rings. The van der Waals surface area contributed by atoms with Gasteiger partial charge in [0.05, 0.1) is 6.42 Å². The first kappa shape index (κ1) is 13.5. The standard InChI is InChI=1S/C18H14O6/c19-18-7-11(10-1-2-13-15(5-10)21-4-3-20-13)12-6-16-17(23-9-22-16)8-14(12)24-18/h1-2,5-6,8,11H,3-4,7,9H2/t11-/m0/s1. The van der Waals surface area contributed by atoms with Gasteiger partial charge >= 0.3 is 5.97 Å². The van der Waals surface area contributed by atoms with E-state index < -0.39 is 0 Å². The van der Waals surface area contributed by atoms with Crippen molar-refractivity contribution in [3.05, 3.63) is 41.5 Å². The molecule has 5 rings (SSSR count). The number of rotatable bonds is 1. The van der Waals surface area contributed by atoms with Gasteiger partial charge in [-0.15, -0.1) is 0 Å². The Morgan fingerprint density at radius 1 is 0.792 bits per heavy atom. The normalized spacial score (nSPS) is 20.3. The summed E-state index contributed by atoms with van der Waals surface area (Å²) in [6.45, 7) is 1.26. The van der Waals surface area contributed by atoms with E-state index in [4.69, 9.17) is 23.7 Å². The second-order valence-corrected chi connectivity index (χ2v) is 5.88. The molecule has 122 valence electrons. The van der Waals surface area contributed by atoms with Crippen LogP contribution >= 0.6 is 0 Å². The van der Waals surface area contributed by atoms with Gasteiger partial charge in [-0.3, -0.25) is 4.79 Å². The lowest BCUT2D eigenvalue weighted by molar-refractivity contribution is -0.135. The molecule has 0 spiro atoms. The van der Waals surface area contributed by atoms with Crippen molar-refractivity contribution in [3.8, 4) is 28.7 Å². The number of carbonyl (C=O) groups excluding carboxylic acids is 1. The zero-order valence-electron chi connectivity index (χ0n) is 12.7. The molecule has 0 saturated carbocycles. The van der Waals surface area contributed by atoms with E-state index in [-0.39, 0.29) is 25.1 Å². The highest BCUT2D eigenvalue weighted by molar-refractivity contribution is 5.78. The van der Waals surface area contributed by atoms with Gasteiger partial charge < -0.3 is 23.7 Å². The Morgan fingerprint density at radius 3 is 2.42 bits per heavy atom. The lowest BCUT2D eigenvalue weighted by atomic mass is 9.86. The van der Waals surface area contributed by atoms with Crippen LogP contribution in [0.4, 0.5) is 0 Å². The van der Waals surface area contributed by atoms with E-state index in [1.165, 1.54) is 0 Å². The minimum Gasteiger partial charge on any atom is -0.486 e. The summed E-state index contributed by atoms with van der Waals surface area (Å²) < 4.78 is 27.4. The van der Waals surface area contributed by atoms with Gasteiger partial charge in [0.25, 0.3) is 0 Å². The minimum atomic E-state index is -0.263. The van der Waals surface area contributed by atoms with Crippen molar-refractivity contribution in [2.75, 3.05) is 20.0 Å². The predicted molar refractivity (Wildman–Crippen MR) is 82.1 cm³/mol. The Balaban J connectivity index is 1.61. The predicted octanol–water partition coefficient (Wildman–Crippen LogP) is 2.63. The Bertz CT molecular complexity index is 844. The van der Waals surface area contributed by atoms with Crippen LogP contribution in [0.25, 0.3) is 0 Å². The number of carbonyl (C=O) groups is 1. The number of fused-ring (bicyclic) bond motifs is 3. The summed E-state index contributed by atoms with van der Waals surface area (Å²) >= 11 is 0. The van der Waals surface area contributed by atoms with Gasteiger partial charge in [0.15, 0.2) is 23.0 Å². The van der Waals surface area contributed by atoms with Crippen LogP contribution in [0.1, 0.15) is 23.5 Å². The summed E-state index contributed by atoms with van der Waals surface area (Å²) in [5, 5.41) is 0. The zero-order valence-corrected chi connectivity index (χ0v) is 12.7. The van der Waals surface area contributed by atoms with E-state index in [0.717, 1.165) is 16.9 Å². The average Bonchev–Trinajstić information content (AvgIpc) is 3.06. The molecule has 3 aliphatic rings. The number of hydrogen-bond acceptors (Lipinski definition) is 6. The maximum atomic E-state index is 12.0. The zero-order chi connectivity index (χ0) is 16.1. The highest BCUT2D eigenvalue weighted by Gasteiger charge is 2.32. The molecule has 2 aromatic rings. The maximum absolute atomic E-state index is 12.0. The van der Waals surface area contributed by atoms with Crippen molar-refractivity contribution in [1.82, 2.24) is 0 Å². The van der Waals surface area contributed by atoms with Gasteiger partial charge in [-0.05, 0) is 23.8 Å². The van der Waals surface area contributed by atoms with Crippen molar-refractivity contribution in [1.29, 1.82) is 0 Å². The summed E-state index contributed by atoms with van der Waals surface area (Å²) in [7, 11) is 0. The molecule has 2 aromatic carbocycles. The first-order valence-corrected chi connectivity index (χ1v) is 7.82. The van der Waals surface area contributed by atoms with Crippen molar-refractivity contribution < 1.29 is 28.5 Å². The van der Waals surface area contributed by atoms with Gasteiger partial charge in [-0.1, -0.05) is 6.07 Å². The Hall–Kier alpha value is -2.89.